The molecule has 0 bridgehead atoms. The molecule has 2 atom stereocenters. The Bertz CT molecular complexity index is 1840. The summed E-state index contributed by atoms with van der Waals surface area (Å²) in [4.78, 5) is 26.8. The zero-order chi connectivity index (χ0) is 38.8. The zero-order valence-electron chi connectivity index (χ0n) is 32.4. The van der Waals surface area contributed by atoms with Crippen LogP contribution in [0.1, 0.15) is 112 Å². The van der Waals surface area contributed by atoms with Gasteiger partial charge in [0.05, 0.1) is 24.3 Å². The molecule has 8 nitrogen and oxygen atoms in total. The van der Waals surface area contributed by atoms with E-state index in [4.69, 9.17) is 9.47 Å². The summed E-state index contributed by atoms with van der Waals surface area (Å²) >= 11 is 0. The van der Waals surface area contributed by atoms with Crippen LogP contribution in [0.25, 0.3) is 0 Å². The van der Waals surface area contributed by atoms with E-state index in [-0.39, 0.29) is 28.9 Å². The number of carboxylic acid groups (broad SMARTS) is 2. The maximum Gasteiger partial charge on any atom is 0.338 e. The maximum atomic E-state index is 14.6. The van der Waals surface area contributed by atoms with Crippen molar-refractivity contribution in [3.05, 3.63) is 107 Å². The number of anilines is 4. The average Bonchev–Trinajstić information content (AvgIpc) is 3.12. The molecule has 4 aromatic rings. The molecule has 0 saturated heterocycles. The number of carboxylic acids is 2. The SMILES string of the molecule is CCN(c1ccc(C(=O)O)c(F)c1)c1ccc(C(C)C)c(OCC(C)CCC(C)c2ccc(N(CC)c3ccc(C(=O)O)cc3)cc2OCC(C)C)c1. The van der Waals surface area contributed by atoms with Gasteiger partial charge in [0.1, 0.15) is 17.3 Å². The van der Waals surface area contributed by atoms with Gasteiger partial charge in [-0.3, -0.25) is 0 Å². The summed E-state index contributed by atoms with van der Waals surface area (Å²) in [6.45, 7) is 19.4. The molecule has 0 amide bonds. The lowest BCUT2D eigenvalue weighted by molar-refractivity contribution is 0.0683. The maximum absolute atomic E-state index is 14.6. The Morgan fingerprint density at radius 3 is 1.68 bits per heavy atom. The van der Waals surface area contributed by atoms with Crippen molar-refractivity contribution in [2.24, 2.45) is 11.8 Å². The third-order valence-corrected chi connectivity index (χ3v) is 9.51. The van der Waals surface area contributed by atoms with Crippen molar-refractivity contribution in [2.45, 2.75) is 80.1 Å². The smallest absolute Gasteiger partial charge is 0.338 e. The van der Waals surface area contributed by atoms with Gasteiger partial charge < -0.3 is 29.5 Å². The van der Waals surface area contributed by atoms with Gasteiger partial charge in [-0.2, -0.15) is 0 Å². The molecule has 2 unspecified atom stereocenters. The van der Waals surface area contributed by atoms with Crippen molar-refractivity contribution in [3.63, 3.8) is 0 Å². The summed E-state index contributed by atoms with van der Waals surface area (Å²) in [5.41, 5.74) is 5.46. The lowest BCUT2D eigenvalue weighted by atomic mass is 9.91. The van der Waals surface area contributed by atoms with Gasteiger partial charge >= 0.3 is 11.9 Å². The summed E-state index contributed by atoms with van der Waals surface area (Å²) < 4.78 is 27.5. The number of aromatic carboxylic acids is 2. The van der Waals surface area contributed by atoms with Gasteiger partial charge in [-0.15, -0.1) is 0 Å². The van der Waals surface area contributed by atoms with E-state index < -0.39 is 17.8 Å². The van der Waals surface area contributed by atoms with Crippen LogP contribution < -0.4 is 19.3 Å². The third kappa shape index (κ3) is 10.5. The molecule has 0 aliphatic rings. The summed E-state index contributed by atoms with van der Waals surface area (Å²) in [7, 11) is 0. The first-order chi connectivity index (χ1) is 25.2. The second-order valence-corrected chi connectivity index (χ2v) is 14.5. The van der Waals surface area contributed by atoms with Crippen LogP contribution in [0, 0.1) is 17.7 Å². The molecule has 0 radical (unpaired) electrons. The van der Waals surface area contributed by atoms with E-state index in [9.17, 15) is 24.2 Å². The zero-order valence-corrected chi connectivity index (χ0v) is 32.4. The molecule has 0 heterocycles. The van der Waals surface area contributed by atoms with E-state index >= 15 is 0 Å². The Hall–Kier alpha value is -5.05. The summed E-state index contributed by atoms with van der Waals surface area (Å²) in [6, 6.07) is 23.6. The Balaban J connectivity index is 1.47. The predicted molar refractivity (Wildman–Crippen MR) is 212 cm³/mol. The van der Waals surface area contributed by atoms with Crippen molar-refractivity contribution in [1.82, 2.24) is 0 Å². The number of rotatable bonds is 19. The monoisotopic (exact) mass is 726 g/mol. The Kier molecular flexibility index (Phi) is 14.3. The number of hydrogen-bond donors (Lipinski definition) is 2. The second kappa shape index (κ2) is 18.6. The van der Waals surface area contributed by atoms with Gasteiger partial charge in [-0.1, -0.05) is 53.7 Å². The third-order valence-electron chi connectivity index (χ3n) is 9.51. The Labute approximate surface area is 314 Å². The number of carbonyl (C=O) groups is 2. The fourth-order valence-corrected chi connectivity index (χ4v) is 6.44. The molecule has 284 valence electrons. The van der Waals surface area contributed by atoms with Gasteiger partial charge in [0.2, 0.25) is 0 Å². The molecule has 4 rings (SSSR count). The van der Waals surface area contributed by atoms with Crippen LogP contribution in [0.2, 0.25) is 0 Å². The first kappa shape index (κ1) is 40.7. The van der Waals surface area contributed by atoms with Crippen LogP contribution in [0.4, 0.5) is 27.1 Å². The molecular weight excluding hydrogens is 671 g/mol. The fraction of sp³-hybridized carbons (Fsp3) is 0.409. The standard InChI is InChI=1S/C44H55FN2O6/c1-9-46(33-15-13-32(14-16-33)43(48)49)35-18-21-38(42(25-35)52-26-28(3)4)31(8)12-11-30(7)27-53-41-24-36(17-20-37(41)29(5)6)47(10-2)34-19-22-39(44(50)51)40(45)23-34/h13-25,28-31H,9-12,26-27H2,1-8H3,(H,48,49)(H,50,51). The van der Waals surface area contributed by atoms with Crippen LogP contribution in [0.5, 0.6) is 11.5 Å². The number of benzene rings is 4. The molecular formula is C44H55FN2O6. The lowest BCUT2D eigenvalue weighted by Crippen LogP contribution is -2.18. The van der Waals surface area contributed by atoms with Gasteiger partial charge in [-0.25, -0.2) is 14.0 Å². The highest BCUT2D eigenvalue weighted by molar-refractivity contribution is 5.89. The summed E-state index contributed by atoms with van der Waals surface area (Å²) in [5.74, 6) is -0.255. The number of nitrogens with zero attached hydrogens (tertiary/aromatic N) is 2. The molecule has 0 fully saturated rings. The number of ether oxygens (including phenoxy) is 2. The van der Waals surface area contributed by atoms with E-state index in [1.165, 1.54) is 12.1 Å². The van der Waals surface area contributed by atoms with Crippen molar-refractivity contribution in [1.29, 1.82) is 0 Å². The molecule has 0 spiro atoms. The van der Waals surface area contributed by atoms with Gasteiger partial charge in [0, 0.05) is 48.0 Å². The first-order valence-corrected chi connectivity index (χ1v) is 18.7. The van der Waals surface area contributed by atoms with Crippen molar-refractivity contribution in [3.8, 4) is 11.5 Å². The topological polar surface area (TPSA) is 99.5 Å². The van der Waals surface area contributed by atoms with E-state index in [2.05, 4.69) is 77.6 Å². The highest BCUT2D eigenvalue weighted by Gasteiger charge is 2.20. The second-order valence-electron chi connectivity index (χ2n) is 14.5. The van der Waals surface area contributed by atoms with Crippen LogP contribution in [-0.2, 0) is 0 Å². The normalized spacial score (nSPS) is 12.4. The van der Waals surface area contributed by atoms with E-state index in [0.29, 0.717) is 37.9 Å². The van der Waals surface area contributed by atoms with Gasteiger partial charge in [0.25, 0.3) is 0 Å². The van der Waals surface area contributed by atoms with E-state index in [1.54, 1.807) is 18.2 Å². The Morgan fingerprint density at radius 1 is 0.642 bits per heavy atom. The van der Waals surface area contributed by atoms with Crippen LogP contribution >= 0.6 is 0 Å². The lowest BCUT2D eigenvalue weighted by Gasteiger charge is -2.27. The highest BCUT2D eigenvalue weighted by Crippen LogP contribution is 2.38. The van der Waals surface area contributed by atoms with Gasteiger partial charge in [-0.05, 0) is 116 Å². The largest absolute Gasteiger partial charge is 0.493 e. The quantitative estimate of drug-likeness (QED) is 0.0985. The number of hydrogen-bond acceptors (Lipinski definition) is 6. The van der Waals surface area contributed by atoms with Crippen molar-refractivity contribution >= 4 is 34.7 Å². The van der Waals surface area contributed by atoms with Crippen molar-refractivity contribution < 1.29 is 33.7 Å². The van der Waals surface area contributed by atoms with Crippen molar-refractivity contribution in [2.75, 3.05) is 36.1 Å². The average molecular weight is 727 g/mol. The summed E-state index contributed by atoms with van der Waals surface area (Å²) in [5, 5.41) is 18.6. The minimum absolute atomic E-state index is 0.233. The van der Waals surface area contributed by atoms with E-state index in [0.717, 1.165) is 52.5 Å². The molecule has 0 aromatic heterocycles. The molecule has 0 aliphatic heterocycles. The number of halogens is 1. The van der Waals surface area contributed by atoms with Crippen LogP contribution in [-0.4, -0.2) is 48.5 Å². The van der Waals surface area contributed by atoms with E-state index in [1.807, 2.05) is 36.1 Å². The fourth-order valence-electron chi connectivity index (χ4n) is 6.44. The van der Waals surface area contributed by atoms with Crippen LogP contribution in [0.3, 0.4) is 0 Å². The molecule has 4 aromatic carbocycles. The first-order valence-electron chi connectivity index (χ1n) is 18.7. The molecule has 9 heteroatoms. The highest BCUT2D eigenvalue weighted by atomic mass is 19.1. The predicted octanol–water partition coefficient (Wildman–Crippen LogP) is 11.3. The minimum Gasteiger partial charge on any atom is -0.493 e. The van der Waals surface area contributed by atoms with Gasteiger partial charge in [0.15, 0.2) is 0 Å². The Morgan fingerprint density at radius 2 is 1.15 bits per heavy atom. The molecule has 0 aliphatic carbocycles. The summed E-state index contributed by atoms with van der Waals surface area (Å²) in [6.07, 6.45) is 1.88. The minimum atomic E-state index is -1.29. The molecule has 53 heavy (non-hydrogen) atoms. The molecule has 2 N–H and O–H groups in total. The molecule has 0 saturated carbocycles. The van der Waals surface area contributed by atoms with Crippen LogP contribution in [0.15, 0.2) is 78.9 Å².